The fourth-order valence-electron chi connectivity index (χ4n) is 2.05. The smallest absolute Gasteiger partial charge is 0.341 e. The van der Waals surface area contributed by atoms with Crippen LogP contribution in [-0.4, -0.2) is 16.1 Å². The maximum absolute atomic E-state index is 13.1. The molecule has 0 saturated carbocycles. The summed E-state index contributed by atoms with van der Waals surface area (Å²) in [4.78, 5) is 14.9. The van der Waals surface area contributed by atoms with Crippen molar-refractivity contribution in [3.8, 4) is 11.6 Å². The summed E-state index contributed by atoms with van der Waals surface area (Å²) in [5.74, 6) is -1.69. The Bertz CT molecular complexity index is 827. The van der Waals surface area contributed by atoms with E-state index in [9.17, 15) is 9.18 Å². The number of rotatable bonds is 3. The summed E-state index contributed by atoms with van der Waals surface area (Å²) in [7, 11) is 0. The lowest BCUT2D eigenvalue weighted by molar-refractivity contribution is 0.0692. The molecule has 0 saturated heterocycles. The number of hydrogen-bond acceptors (Lipinski definition) is 3. The summed E-state index contributed by atoms with van der Waals surface area (Å²) in [6, 6.07) is 13.8. The molecule has 0 radical (unpaired) electrons. The Morgan fingerprint density at radius 3 is 2.71 bits per heavy atom. The fraction of sp³-hybridized carbons (Fsp3) is 0. The van der Waals surface area contributed by atoms with Gasteiger partial charge in [-0.05, 0) is 17.5 Å². The zero-order chi connectivity index (χ0) is 14.8. The number of carbonyl (C=O) groups is 1. The normalized spacial score (nSPS) is 10.5. The molecule has 0 spiro atoms. The van der Waals surface area contributed by atoms with Gasteiger partial charge in [-0.25, -0.2) is 14.2 Å². The van der Waals surface area contributed by atoms with Crippen molar-refractivity contribution in [2.45, 2.75) is 0 Å². The largest absolute Gasteiger partial charge is 0.477 e. The second kappa shape index (κ2) is 5.20. The Morgan fingerprint density at radius 2 is 1.90 bits per heavy atom. The van der Waals surface area contributed by atoms with Gasteiger partial charge >= 0.3 is 5.97 Å². The minimum Gasteiger partial charge on any atom is -0.477 e. The summed E-state index contributed by atoms with van der Waals surface area (Å²) >= 11 is 0. The molecule has 21 heavy (non-hydrogen) atoms. The number of carboxylic acid groups (broad SMARTS) is 1. The minimum absolute atomic E-state index is 0.139. The maximum Gasteiger partial charge on any atom is 0.341 e. The van der Waals surface area contributed by atoms with Gasteiger partial charge in [0.15, 0.2) is 0 Å². The summed E-state index contributed by atoms with van der Waals surface area (Å²) in [5, 5.41) is 10.9. The molecule has 3 rings (SSSR count). The first-order valence-electron chi connectivity index (χ1n) is 6.19. The lowest BCUT2D eigenvalue weighted by Crippen LogP contribution is -2.03. The molecule has 0 fully saturated rings. The first-order chi connectivity index (χ1) is 10.1. The second-order valence-corrected chi connectivity index (χ2v) is 4.39. The van der Waals surface area contributed by atoms with Crippen LogP contribution in [0.25, 0.3) is 10.8 Å². The highest BCUT2D eigenvalue weighted by molar-refractivity contribution is 5.91. The number of aromatic carboxylic acids is 1. The van der Waals surface area contributed by atoms with E-state index in [2.05, 4.69) is 4.98 Å². The Kier molecular flexibility index (Phi) is 3.23. The number of benzene rings is 2. The SMILES string of the molecule is O=C(O)c1cc(F)cnc1Oc1cccc2ccccc12. The molecule has 104 valence electrons. The molecule has 2 aromatic carbocycles. The van der Waals surface area contributed by atoms with Crippen LogP contribution < -0.4 is 4.74 Å². The van der Waals surface area contributed by atoms with E-state index in [0.717, 1.165) is 23.0 Å². The number of nitrogens with zero attached hydrogens (tertiary/aromatic N) is 1. The highest BCUT2D eigenvalue weighted by Gasteiger charge is 2.15. The molecule has 3 aromatic rings. The maximum atomic E-state index is 13.1. The third-order valence-electron chi connectivity index (χ3n) is 3.00. The summed E-state index contributed by atoms with van der Waals surface area (Å²) in [6.45, 7) is 0. The average Bonchev–Trinajstić information content (AvgIpc) is 2.49. The Morgan fingerprint density at radius 1 is 1.14 bits per heavy atom. The van der Waals surface area contributed by atoms with Crippen LogP contribution in [0.3, 0.4) is 0 Å². The molecule has 1 heterocycles. The van der Waals surface area contributed by atoms with Gasteiger partial charge in [0.05, 0.1) is 6.20 Å². The molecule has 1 N–H and O–H groups in total. The molecule has 0 aliphatic rings. The van der Waals surface area contributed by atoms with Crippen LogP contribution in [0.2, 0.25) is 0 Å². The van der Waals surface area contributed by atoms with Gasteiger partial charge in [-0.3, -0.25) is 0 Å². The van der Waals surface area contributed by atoms with E-state index >= 15 is 0 Å². The van der Waals surface area contributed by atoms with Crippen molar-refractivity contribution in [1.29, 1.82) is 0 Å². The molecule has 0 amide bonds. The molecule has 0 atom stereocenters. The molecule has 1 aromatic heterocycles. The minimum atomic E-state index is -1.29. The first-order valence-corrected chi connectivity index (χ1v) is 6.19. The molecule has 0 unspecified atom stereocenters. The monoisotopic (exact) mass is 283 g/mol. The van der Waals surface area contributed by atoms with Gasteiger partial charge in [0.25, 0.3) is 0 Å². The van der Waals surface area contributed by atoms with E-state index in [-0.39, 0.29) is 11.4 Å². The molecule has 4 nitrogen and oxygen atoms in total. The molecule has 0 bridgehead atoms. The predicted molar refractivity (Wildman–Crippen MR) is 75.2 cm³/mol. The second-order valence-electron chi connectivity index (χ2n) is 4.39. The number of carboxylic acids is 1. The number of fused-ring (bicyclic) bond motifs is 1. The molecular weight excluding hydrogens is 273 g/mol. The van der Waals surface area contributed by atoms with Crippen LogP contribution in [0.1, 0.15) is 10.4 Å². The van der Waals surface area contributed by atoms with E-state index in [0.29, 0.717) is 5.75 Å². The van der Waals surface area contributed by atoms with Crippen LogP contribution in [0.5, 0.6) is 11.6 Å². The molecular formula is C16H10FNO3. The molecule has 5 heteroatoms. The quantitative estimate of drug-likeness (QED) is 0.792. The number of aromatic nitrogens is 1. The van der Waals surface area contributed by atoms with Crippen molar-refractivity contribution < 1.29 is 19.0 Å². The Labute approximate surface area is 119 Å². The summed E-state index contributed by atoms with van der Waals surface area (Å²) in [5.41, 5.74) is -0.317. The van der Waals surface area contributed by atoms with Gasteiger partial charge in [-0.2, -0.15) is 0 Å². The van der Waals surface area contributed by atoms with Crippen molar-refractivity contribution in [3.05, 3.63) is 66.1 Å². The third kappa shape index (κ3) is 2.53. The van der Waals surface area contributed by atoms with Crippen LogP contribution >= 0.6 is 0 Å². The van der Waals surface area contributed by atoms with Crippen molar-refractivity contribution in [1.82, 2.24) is 4.98 Å². The van der Waals surface area contributed by atoms with E-state index in [1.54, 1.807) is 12.1 Å². The van der Waals surface area contributed by atoms with Crippen molar-refractivity contribution in [2.24, 2.45) is 0 Å². The van der Waals surface area contributed by atoms with Crippen molar-refractivity contribution in [2.75, 3.05) is 0 Å². The predicted octanol–water partition coefficient (Wildman–Crippen LogP) is 3.86. The van der Waals surface area contributed by atoms with Crippen LogP contribution in [0, 0.1) is 5.82 Å². The van der Waals surface area contributed by atoms with Gasteiger partial charge in [0.2, 0.25) is 5.88 Å². The van der Waals surface area contributed by atoms with Crippen molar-refractivity contribution in [3.63, 3.8) is 0 Å². The number of halogens is 1. The lowest BCUT2D eigenvalue weighted by Gasteiger charge is -2.10. The lowest BCUT2D eigenvalue weighted by atomic mass is 10.1. The zero-order valence-electron chi connectivity index (χ0n) is 10.8. The topological polar surface area (TPSA) is 59.4 Å². The van der Waals surface area contributed by atoms with Gasteiger partial charge in [-0.15, -0.1) is 0 Å². The summed E-state index contributed by atoms with van der Waals surface area (Å²) in [6.07, 6.45) is 0.924. The van der Waals surface area contributed by atoms with Crippen LogP contribution in [0.4, 0.5) is 4.39 Å². The highest BCUT2D eigenvalue weighted by Crippen LogP contribution is 2.30. The fourth-order valence-corrected chi connectivity index (χ4v) is 2.05. The van der Waals surface area contributed by atoms with E-state index in [1.807, 2.05) is 30.3 Å². The number of pyridine rings is 1. The van der Waals surface area contributed by atoms with E-state index < -0.39 is 11.8 Å². The van der Waals surface area contributed by atoms with Gasteiger partial charge in [0, 0.05) is 5.39 Å². The van der Waals surface area contributed by atoms with Crippen LogP contribution in [-0.2, 0) is 0 Å². The van der Waals surface area contributed by atoms with E-state index in [1.165, 1.54) is 0 Å². The standard InChI is InChI=1S/C16H10FNO3/c17-11-8-13(16(19)20)15(18-9-11)21-14-7-3-5-10-4-1-2-6-12(10)14/h1-9H,(H,19,20). The van der Waals surface area contributed by atoms with Gasteiger partial charge in [0.1, 0.15) is 17.1 Å². The molecule has 0 aliphatic heterocycles. The van der Waals surface area contributed by atoms with Gasteiger partial charge in [-0.1, -0.05) is 36.4 Å². The van der Waals surface area contributed by atoms with Crippen LogP contribution in [0.15, 0.2) is 54.7 Å². The first kappa shape index (κ1) is 13.1. The van der Waals surface area contributed by atoms with E-state index in [4.69, 9.17) is 9.84 Å². The van der Waals surface area contributed by atoms with Gasteiger partial charge < -0.3 is 9.84 Å². The average molecular weight is 283 g/mol. The zero-order valence-corrected chi connectivity index (χ0v) is 10.8. The highest BCUT2D eigenvalue weighted by atomic mass is 19.1. The number of ether oxygens (including phenoxy) is 1. The third-order valence-corrected chi connectivity index (χ3v) is 3.00. The Hall–Kier alpha value is -2.95. The number of hydrogen-bond donors (Lipinski definition) is 1. The molecule has 0 aliphatic carbocycles. The van der Waals surface area contributed by atoms with Crippen molar-refractivity contribution >= 4 is 16.7 Å². The summed E-state index contributed by atoms with van der Waals surface area (Å²) < 4.78 is 18.7. The Balaban J connectivity index is 2.09.